The molecule has 0 atom stereocenters. The molecule has 24 heavy (non-hydrogen) atoms. The average molecular weight is 322 g/mol. The molecule has 1 aliphatic carbocycles. The fraction of sp³-hybridized carbons (Fsp3) is 0.364. The number of rotatable bonds is 10. The molecule has 0 heterocycles. The van der Waals surface area contributed by atoms with Gasteiger partial charge in [-0.15, -0.1) is 5.73 Å². The summed E-state index contributed by atoms with van der Waals surface area (Å²) in [6, 6.07) is 7.95. The lowest BCUT2D eigenvalue weighted by atomic mass is 10.0. The Labute approximate surface area is 145 Å². The first-order chi connectivity index (χ1) is 11.8. The number of ether oxygens (including phenoxy) is 1. The van der Waals surface area contributed by atoms with Crippen LogP contribution < -0.4 is 4.74 Å². The van der Waals surface area contributed by atoms with E-state index in [1.807, 2.05) is 36.4 Å². The molecule has 0 fully saturated rings. The highest BCUT2D eigenvalue weighted by molar-refractivity contribution is 5.78. The summed E-state index contributed by atoms with van der Waals surface area (Å²) >= 11 is 0. The van der Waals surface area contributed by atoms with Crippen LogP contribution in [-0.2, 0) is 11.2 Å². The molecule has 1 aromatic rings. The molecular formula is C22H26O2. The summed E-state index contributed by atoms with van der Waals surface area (Å²) < 4.78 is 5.14. The molecule has 1 aromatic carbocycles. The lowest BCUT2D eigenvalue weighted by Crippen LogP contribution is -2.00. The summed E-state index contributed by atoms with van der Waals surface area (Å²) in [5.74, 6) is 1.22. The predicted molar refractivity (Wildman–Crippen MR) is 99.3 cm³/mol. The van der Waals surface area contributed by atoms with Crippen molar-refractivity contribution >= 4 is 5.78 Å². The summed E-state index contributed by atoms with van der Waals surface area (Å²) in [4.78, 5) is 12.0. The smallest absolute Gasteiger partial charge is 0.133 e. The number of methoxy groups -OCH3 is 1. The van der Waals surface area contributed by atoms with E-state index in [0.717, 1.165) is 37.9 Å². The van der Waals surface area contributed by atoms with Gasteiger partial charge in [0.25, 0.3) is 0 Å². The van der Waals surface area contributed by atoms with Crippen molar-refractivity contribution in [1.82, 2.24) is 0 Å². The van der Waals surface area contributed by atoms with E-state index < -0.39 is 0 Å². The number of hydrogen-bond acceptors (Lipinski definition) is 2. The minimum Gasteiger partial charge on any atom is -0.497 e. The summed E-state index contributed by atoms with van der Waals surface area (Å²) in [7, 11) is 1.66. The number of hydrogen-bond donors (Lipinski definition) is 0. The molecule has 0 aliphatic heterocycles. The van der Waals surface area contributed by atoms with Crippen LogP contribution in [0, 0.1) is 0 Å². The minimum absolute atomic E-state index is 0.361. The first-order valence-electron chi connectivity index (χ1n) is 8.69. The zero-order chi connectivity index (χ0) is 17.0. The van der Waals surface area contributed by atoms with Crippen LogP contribution >= 0.6 is 0 Å². The van der Waals surface area contributed by atoms with Crippen molar-refractivity contribution in [2.45, 2.75) is 44.9 Å². The van der Waals surface area contributed by atoms with Gasteiger partial charge in [-0.3, -0.25) is 4.79 Å². The van der Waals surface area contributed by atoms with Gasteiger partial charge in [0.1, 0.15) is 11.5 Å². The van der Waals surface area contributed by atoms with E-state index in [1.165, 1.54) is 11.1 Å². The Bertz CT molecular complexity index is 641. The highest BCUT2D eigenvalue weighted by atomic mass is 16.5. The maximum absolute atomic E-state index is 12.0. The van der Waals surface area contributed by atoms with Crippen molar-refractivity contribution in [2.75, 3.05) is 7.11 Å². The molecule has 0 amide bonds. The van der Waals surface area contributed by atoms with Gasteiger partial charge in [-0.25, -0.2) is 0 Å². The summed E-state index contributed by atoms with van der Waals surface area (Å²) in [5.41, 5.74) is 5.58. The van der Waals surface area contributed by atoms with Crippen molar-refractivity contribution in [3.63, 3.8) is 0 Å². The number of ketones is 1. The predicted octanol–water partition coefficient (Wildman–Crippen LogP) is 5.35. The number of benzene rings is 1. The third-order valence-electron chi connectivity index (χ3n) is 4.11. The molecule has 2 rings (SSSR count). The average Bonchev–Trinajstić information content (AvgIpc) is 2.64. The van der Waals surface area contributed by atoms with Crippen LogP contribution in [0.15, 0.2) is 65.9 Å². The lowest BCUT2D eigenvalue weighted by molar-refractivity contribution is -0.119. The topological polar surface area (TPSA) is 26.3 Å². The Hall–Kier alpha value is -2.31. The first kappa shape index (κ1) is 18.0. The van der Waals surface area contributed by atoms with Crippen molar-refractivity contribution in [2.24, 2.45) is 0 Å². The standard InChI is InChI=1S/C22H26O2/c1-24-22-17-14-20(15-18-22)13-16-21(23)12-8-3-2-5-9-19-10-6-4-7-11-19/h5-7,9-10,14-15,17-18H,2-3,8,11-13,16H2,1H3/b9-5-. The zero-order valence-electron chi connectivity index (χ0n) is 14.5. The monoisotopic (exact) mass is 322 g/mol. The van der Waals surface area contributed by atoms with E-state index in [-0.39, 0.29) is 0 Å². The fourth-order valence-electron chi connectivity index (χ4n) is 2.61. The van der Waals surface area contributed by atoms with Crippen molar-refractivity contribution < 1.29 is 9.53 Å². The summed E-state index contributed by atoms with van der Waals surface area (Å²) in [6.45, 7) is 0. The molecule has 1 aliphatic rings. The van der Waals surface area contributed by atoms with Crippen molar-refractivity contribution in [3.05, 3.63) is 71.5 Å². The molecule has 0 bridgehead atoms. The van der Waals surface area contributed by atoms with E-state index in [9.17, 15) is 4.79 Å². The van der Waals surface area contributed by atoms with E-state index in [0.29, 0.717) is 18.6 Å². The fourth-order valence-corrected chi connectivity index (χ4v) is 2.61. The molecule has 0 radical (unpaired) electrons. The van der Waals surface area contributed by atoms with Gasteiger partial charge in [-0.1, -0.05) is 30.4 Å². The number of aryl methyl sites for hydroxylation is 1. The number of unbranched alkanes of at least 4 members (excludes halogenated alkanes) is 2. The highest BCUT2D eigenvalue weighted by Gasteiger charge is 2.03. The van der Waals surface area contributed by atoms with Crippen LogP contribution in [0.4, 0.5) is 0 Å². The summed E-state index contributed by atoms with van der Waals surface area (Å²) in [5, 5.41) is 0. The number of carbonyl (C=O) groups is 1. The second kappa shape index (κ2) is 10.5. The van der Waals surface area contributed by atoms with Crippen LogP contribution in [0.25, 0.3) is 0 Å². The molecule has 2 nitrogen and oxygen atoms in total. The Kier molecular flexibility index (Phi) is 7.86. The van der Waals surface area contributed by atoms with Crippen LogP contribution in [-0.4, -0.2) is 12.9 Å². The molecule has 2 heteroatoms. The van der Waals surface area contributed by atoms with E-state index >= 15 is 0 Å². The van der Waals surface area contributed by atoms with Gasteiger partial charge >= 0.3 is 0 Å². The van der Waals surface area contributed by atoms with Crippen molar-refractivity contribution in [3.8, 4) is 5.75 Å². The Morgan fingerprint density at radius 1 is 1.21 bits per heavy atom. The molecule has 0 saturated carbocycles. The van der Waals surface area contributed by atoms with Gasteiger partial charge in [-0.2, -0.15) is 0 Å². The molecule has 0 spiro atoms. The van der Waals surface area contributed by atoms with E-state index in [2.05, 4.69) is 24.0 Å². The van der Waals surface area contributed by atoms with Gasteiger partial charge in [0.2, 0.25) is 0 Å². The van der Waals surface area contributed by atoms with Gasteiger partial charge in [-0.05, 0) is 67.5 Å². The lowest BCUT2D eigenvalue weighted by Gasteiger charge is -2.03. The quantitative estimate of drug-likeness (QED) is 0.428. The van der Waals surface area contributed by atoms with Gasteiger partial charge in [0, 0.05) is 12.8 Å². The SMILES string of the molecule is COc1ccc(CCC(=O)CCCC/C=C\C2=CC=C=CC2)cc1. The maximum Gasteiger partial charge on any atom is 0.133 e. The number of allylic oxidation sites excluding steroid dienone is 5. The Morgan fingerprint density at radius 3 is 2.75 bits per heavy atom. The van der Waals surface area contributed by atoms with Crippen molar-refractivity contribution in [1.29, 1.82) is 0 Å². The van der Waals surface area contributed by atoms with Crippen LogP contribution in [0.5, 0.6) is 5.75 Å². The van der Waals surface area contributed by atoms with Gasteiger partial charge in [0.05, 0.1) is 7.11 Å². The Morgan fingerprint density at radius 2 is 2.04 bits per heavy atom. The van der Waals surface area contributed by atoms with Gasteiger partial charge < -0.3 is 4.74 Å². The zero-order valence-corrected chi connectivity index (χ0v) is 14.5. The van der Waals surface area contributed by atoms with E-state index in [4.69, 9.17) is 4.74 Å². The molecule has 0 N–H and O–H groups in total. The largest absolute Gasteiger partial charge is 0.497 e. The molecule has 0 aromatic heterocycles. The molecule has 0 unspecified atom stereocenters. The minimum atomic E-state index is 0.361. The number of carbonyl (C=O) groups excluding carboxylic acids is 1. The third-order valence-corrected chi connectivity index (χ3v) is 4.11. The summed E-state index contributed by atoms with van der Waals surface area (Å²) in [6.07, 6.45) is 16.7. The maximum atomic E-state index is 12.0. The normalized spacial score (nSPS) is 13.3. The molecular weight excluding hydrogens is 296 g/mol. The first-order valence-corrected chi connectivity index (χ1v) is 8.69. The highest BCUT2D eigenvalue weighted by Crippen LogP contribution is 2.14. The van der Waals surface area contributed by atoms with E-state index in [1.54, 1.807) is 7.11 Å². The Balaban J connectivity index is 1.55. The number of Topliss-reactive ketones (excluding diaryl/α,β-unsaturated/α-hetero) is 1. The second-order valence-corrected chi connectivity index (χ2v) is 6.02. The second-order valence-electron chi connectivity index (χ2n) is 6.02. The van der Waals surface area contributed by atoms with Crippen LogP contribution in [0.3, 0.4) is 0 Å². The van der Waals surface area contributed by atoms with Gasteiger partial charge in [0.15, 0.2) is 0 Å². The van der Waals surface area contributed by atoms with Crippen LogP contribution in [0.1, 0.15) is 44.1 Å². The van der Waals surface area contributed by atoms with Crippen LogP contribution in [0.2, 0.25) is 0 Å². The third kappa shape index (κ3) is 6.85. The molecule has 126 valence electrons. The molecule has 0 saturated heterocycles.